The minimum Gasteiger partial charge on any atom is -0.457 e. The van der Waals surface area contributed by atoms with Crippen molar-refractivity contribution in [2.75, 3.05) is 0 Å². The maximum atomic E-state index is 13.9. The molecular weight excluding hydrogens is 505 g/mol. The summed E-state index contributed by atoms with van der Waals surface area (Å²) in [5.74, 6) is -2.10. The van der Waals surface area contributed by atoms with E-state index in [1.54, 1.807) is 75.1 Å². The highest BCUT2D eigenvalue weighted by atomic mass is 19.1. The largest absolute Gasteiger partial charge is 0.457 e. The SMILES string of the molecule is Cn1c(C(=O)NCc2ccccc2F)cc2ccc(-c3cnn(COC(=O)/C=C/C(=O)OC(C)(C)C)c3)nc21. The summed E-state index contributed by atoms with van der Waals surface area (Å²) in [5, 5.41) is 7.69. The van der Waals surface area contributed by atoms with Gasteiger partial charge in [-0.3, -0.25) is 4.79 Å². The number of carbonyl (C=O) groups excluding carboxylic acids is 3. The Bertz CT molecular complexity index is 1560. The number of halogens is 1. The van der Waals surface area contributed by atoms with Gasteiger partial charge in [0.15, 0.2) is 6.73 Å². The van der Waals surface area contributed by atoms with Crippen LogP contribution in [0.5, 0.6) is 0 Å². The van der Waals surface area contributed by atoms with E-state index in [1.165, 1.54) is 10.7 Å². The van der Waals surface area contributed by atoms with Gasteiger partial charge in [0.2, 0.25) is 0 Å². The average molecular weight is 534 g/mol. The van der Waals surface area contributed by atoms with Crippen LogP contribution in [0.15, 0.2) is 67.0 Å². The number of hydrogen-bond acceptors (Lipinski definition) is 7. The Morgan fingerprint density at radius 2 is 1.82 bits per heavy atom. The zero-order chi connectivity index (χ0) is 28.2. The lowest BCUT2D eigenvalue weighted by atomic mass is 10.2. The van der Waals surface area contributed by atoms with Crippen molar-refractivity contribution in [3.63, 3.8) is 0 Å². The van der Waals surface area contributed by atoms with Gasteiger partial charge in [-0.2, -0.15) is 5.10 Å². The molecule has 1 N–H and O–H groups in total. The Morgan fingerprint density at radius 1 is 1.08 bits per heavy atom. The highest BCUT2D eigenvalue weighted by Gasteiger charge is 2.17. The number of carbonyl (C=O) groups is 3. The van der Waals surface area contributed by atoms with Gasteiger partial charge in [0.25, 0.3) is 5.91 Å². The number of aryl methyl sites for hydroxylation is 1. The van der Waals surface area contributed by atoms with E-state index in [2.05, 4.69) is 15.4 Å². The molecule has 0 unspecified atom stereocenters. The predicted octanol–water partition coefficient (Wildman–Crippen LogP) is 3.90. The number of esters is 2. The van der Waals surface area contributed by atoms with E-state index < -0.39 is 17.5 Å². The normalized spacial score (nSPS) is 11.6. The maximum absolute atomic E-state index is 13.9. The molecule has 4 aromatic rings. The molecule has 1 amide bonds. The van der Waals surface area contributed by atoms with E-state index in [1.807, 2.05) is 6.07 Å². The fraction of sp³-hybridized carbons (Fsp3) is 0.250. The summed E-state index contributed by atoms with van der Waals surface area (Å²) in [6.45, 7) is 5.07. The summed E-state index contributed by atoms with van der Waals surface area (Å²) in [5.41, 5.74) is 1.97. The Hall–Kier alpha value is -4.80. The number of ether oxygens (including phenoxy) is 2. The fourth-order valence-corrected chi connectivity index (χ4v) is 3.70. The van der Waals surface area contributed by atoms with Crippen LogP contribution in [-0.2, 0) is 39.4 Å². The molecule has 0 aliphatic heterocycles. The zero-order valence-corrected chi connectivity index (χ0v) is 22.0. The third-order valence-corrected chi connectivity index (χ3v) is 5.54. The zero-order valence-electron chi connectivity index (χ0n) is 22.0. The number of amides is 1. The minimum atomic E-state index is -0.720. The summed E-state index contributed by atoms with van der Waals surface area (Å²) in [6.07, 6.45) is 5.23. The number of pyridine rings is 1. The van der Waals surface area contributed by atoms with Crippen molar-refractivity contribution in [1.29, 1.82) is 0 Å². The van der Waals surface area contributed by atoms with Gasteiger partial charge in [0, 0.05) is 48.5 Å². The van der Waals surface area contributed by atoms with Gasteiger partial charge in [-0.05, 0) is 45.0 Å². The summed E-state index contributed by atoms with van der Waals surface area (Å²) in [6, 6.07) is 11.6. The van der Waals surface area contributed by atoms with E-state index in [-0.39, 0.29) is 25.0 Å². The highest BCUT2D eigenvalue weighted by Crippen LogP contribution is 2.23. The van der Waals surface area contributed by atoms with E-state index in [0.717, 1.165) is 17.5 Å². The molecule has 0 radical (unpaired) electrons. The van der Waals surface area contributed by atoms with Crippen LogP contribution in [0, 0.1) is 5.82 Å². The van der Waals surface area contributed by atoms with Crippen LogP contribution in [0.1, 0.15) is 36.8 Å². The second kappa shape index (κ2) is 11.3. The molecule has 3 heterocycles. The monoisotopic (exact) mass is 533 g/mol. The minimum absolute atomic E-state index is 0.0618. The van der Waals surface area contributed by atoms with Gasteiger partial charge >= 0.3 is 11.9 Å². The molecule has 0 bridgehead atoms. The Kier molecular flexibility index (Phi) is 7.89. The Morgan fingerprint density at radius 3 is 2.56 bits per heavy atom. The molecule has 3 aromatic heterocycles. The number of hydrogen-bond donors (Lipinski definition) is 1. The third-order valence-electron chi connectivity index (χ3n) is 5.54. The fourth-order valence-electron chi connectivity index (χ4n) is 3.70. The van der Waals surface area contributed by atoms with Crippen molar-refractivity contribution in [2.24, 2.45) is 7.05 Å². The number of nitrogens with zero attached hydrogens (tertiary/aromatic N) is 4. The van der Waals surface area contributed by atoms with Gasteiger partial charge in [-0.25, -0.2) is 23.6 Å². The molecule has 0 spiro atoms. The molecule has 11 heteroatoms. The topological polar surface area (TPSA) is 117 Å². The first-order valence-electron chi connectivity index (χ1n) is 12.1. The van der Waals surface area contributed by atoms with Crippen molar-refractivity contribution in [2.45, 2.75) is 39.6 Å². The highest BCUT2D eigenvalue weighted by molar-refractivity contribution is 5.98. The lowest BCUT2D eigenvalue weighted by Crippen LogP contribution is -2.25. The van der Waals surface area contributed by atoms with Gasteiger partial charge < -0.3 is 19.4 Å². The van der Waals surface area contributed by atoms with Crippen LogP contribution < -0.4 is 5.32 Å². The van der Waals surface area contributed by atoms with Crippen molar-refractivity contribution >= 4 is 28.9 Å². The van der Waals surface area contributed by atoms with Gasteiger partial charge in [0.05, 0.1) is 11.9 Å². The van der Waals surface area contributed by atoms with E-state index in [0.29, 0.717) is 28.2 Å². The molecule has 0 aliphatic rings. The quantitative estimate of drug-likeness (QED) is 0.270. The van der Waals surface area contributed by atoms with Crippen LogP contribution in [0.2, 0.25) is 0 Å². The van der Waals surface area contributed by atoms with Gasteiger partial charge in [0.1, 0.15) is 22.8 Å². The van der Waals surface area contributed by atoms with Crippen molar-refractivity contribution in [3.8, 4) is 11.3 Å². The van der Waals surface area contributed by atoms with E-state index in [9.17, 15) is 18.8 Å². The van der Waals surface area contributed by atoms with Crippen LogP contribution in [0.25, 0.3) is 22.3 Å². The van der Waals surface area contributed by atoms with Crippen LogP contribution in [-0.4, -0.2) is 42.8 Å². The van der Waals surface area contributed by atoms with Crippen molar-refractivity contribution < 1.29 is 28.2 Å². The molecule has 0 saturated heterocycles. The Balaban J connectivity index is 1.40. The number of fused-ring (bicyclic) bond motifs is 1. The first-order valence-corrected chi connectivity index (χ1v) is 12.1. The number of nitrogens with one attached hydrogen (secondary N) is 1. The van der Waals surface area contributed by atoms with Crippen LogP contribution in [0.4, 0.5) is 4.39 Å². The van der Waals surface area contributed by atoms with E-state index >= 15 is 0 Å². The van der Waals surface area contributed by atoms with Gasteiger partial charge in [-0.1, -0.05) is 18.2 Å². The lowest BCUT2D eigenvalue weighted by molar-refractivity contribution is -0.149. The van der Waals surface area contributed by atoms with Gasteiger partial charge in [-0.15, -0.1) is 0 Å². The standard InChI is InChI=1S/C28H28FN5O5/c1-28(2,3)39-25(36)12-11-24(35)38-17-34-16-20(15-31-34)22-10-9-18-13-23(33(4)26(18)32-22)27(37)30-14-19-7-5-6-8-21(19)29/h5-13,15-16H,14,17H2,1-4H3,(H,30,37)/b12-11+. The smallest absolute Gasteiger partial charge is 0.332 e. The number of aromatic nitrogens is 4. The van der Waals surface area contributed by atoms with Crippen LogP contribution >= 0.6 is 0 Å². The van der Waals surface area contributed by atoms with Crippen molar-refractivity contribution in [1.82, 2.24) is 24.6 Å². The molecule has 39 heavy (non-hydrogen) atoms. The molecule has 0 atom stereocenters. The summed E-state index contributed by atoms with van der Waals surface area (Å²) < 4.78 is 27.2. The molecule has 0 fully saturated rings. The first-order chi connectivity index (χ1) is 18.5. The Labute approximate surface area is 224 Å². The molecule has 202 valence electrons. The maximum Gasteiger partial charge on any atom is 0.332 e. The molecule has 0 aliphatic carbocycles. The van der Waals surface area contributed by atoms with E-state index in [4.69, 9.17) is 9.47 Å². The second-order valence-electron chi connectivity index (χ2n) is 9.70. The lowest BCUT2D eigenvalue weighted by Gasteiger charge is -2.17. The number of benzene rings is 1. The molecule has 0 saturated carbocycles. The summed E-state index contributed by atoms with van der Waals surface area (Å²) >= 11 is 0. The molecular formula is C28H28FN5O5. The third kappa shape index (κ3) is 6.95. The first kappa shape index (κ1) is 27.2. The summed E-state index contributed by atoms with van der Waals surface area (Å²) in [7, 11) is 1.73. The second-order valence-corrected chi connectivity index (χ2v) is 9.70. The molecule has 4 rings (SSSR count). The average Bonchev–Trinajstić information content (AvgIpc) is 3.49. The van der Waals surface area contributed by atoms with Crippen LogP contribution in [0.3, 0.4) is 0 Å². The predicted molar refractivity (Wildman–Crippen MR) is 141 cm³/mol. The van der Waals surface area contributed by atoms with Crippen molar-refractivity contribution in [3.05, 3.63) is 84.1 Å². The molecule has 10 nitrogen and oxygen atoms in total. The molecule has 1 aromatic carbocycles. The number of rotatable bonds is 8. The summed E-state index contributed by atoms with van der Waals surface area (Å²) in [4.78, 5) is 41.1.